The van der Waals surface area contributed by atoms with Gasteiger partial charge in [-0.2, -0.15) is 0 Å². The monoisotopic (exact) mass is 401 g/mol. The summed E-state index contributed by atoms with van der Waals surface area (Å²) in [6.45, 7) is 1.64. The van der Waals surface area contributed by atoms with E-state index in [0.717, 1.165) is 5.56 Å². The Morgan fingerprint density at radius 2 is 1.47 bits per heavy atom. The zero-order valence-corrected chi connectivity index (χ0v) is 16.0. The van der Waals surface area contributed by atoms with Gasteiger partial charge in [0.05, 0.1) is 0 Å². The standard InChI is InChI=1S/C24H16FNO4/c1-15-21(22(26-30-15)16-5-3-2-4-6-16)24(28)29-20-13-9-18(10-14-20)23(27)17-7-11-19(25)12-8-17/h2-14H,1H3. The van der Waals surface area contributed by atoms with Crippen LogP contribution in [-0.4, -0.2) is 16.9 Å². The Balaban J connectivity index is 1.53. The van der Waals surface area contributed by atoms with Crippen LogP contribution in [0.15, 0.2) is 83.4 Å². The molecule has 0 bridgehead atoms. The van der Waals surface area contributed by atoms with Crippen LogP contribution in [0, 0.1) is 12.7 Å². The Labute approximate surface area is 171 Å². The third-order valence-electron chi connectivity index (χ3n) is 4.55. The molecule has 0 fully saturated rings. The van der Waals surface area contributed by atoms with Gasteiger partial charge in [0, 0.05) is 16.7 Å². The lowest BCUT2D eigenvalue weighted by atomic mass is 10.0. The van der Waals surface area contributed by atoms with E-state index in [-0.39, 0.29) is 17.1 Å². The van der Waals surface area contributed by atoms with Gasteiger partial charge in [-0.25, -0.2) is 9.18 Å². The van der Waals surface area contributed by atoms with Gasteiger partial charge in [-0.1, -0.05) is 35.5 Å². The van der Waals surface area contributed by atoms with Crippen LogP contribution in [0.5, 0.6) is 5.75 Å². The molecule has 4 rings (SSSR count). The second-order valence-corrected chi connectivity index (χ2v) is 6.58. The van der Waals surface area contributed by atoms with Crippen molar-refractivity contribution in [3.63, 3.8) is 0 Å². The van der Waals surface area contributed by atoms with Crippen molar-refractivity contribution < 1.29 is 23.2 Å². The predicted molar refractivity (Wildman–Crippen MR) is 108 cm³/mol. The maximum Gasteiger partial charge on any atom is 0.349 e. The van der Waals surface area contributed by atoms with E-state index >= 15 is 0 Å². The number of benzene rings is 3. The average Bonchev–Trinajstić information content (AvgIpc) is 3.16. The molecular formula is C24H16FNO4. The quantitative estimate of drug-likeness (QED) is 0.260. The average molecular weight is 401 g/mol. The first-order chi connectivity index (χ1) is 14.5. The number of carbonyl (C=O) groups excluding carboxylic acids is 2. The number of rotatable bonds is 5. The lowest BCUT2D eigenvalue weighted by Crippen LogP contribution is -2.10. The second-order valence-electron chi connectivity index (χ2n) is 6.58. The zero-order chi connectivity index (χ0) is 21.1. The molecule has 148 valence electrons. The van der Waals surface area contributed by atoms with Crippen LogP contribution in [0.3, 0.4) is 0 Å². The van der Waals surface area contributed by atoms with Crippen LogP contribution in [-0.2, 0) is 0 Å². The molecule has 0 saturated carbocycles. The van der Waals surface area contributed by atoms with Crippen LogP contribution in [0.2, 0.25) is 0 Å². The van der Waals surface area contributed by atoms with Crippen molar-refractivity contribution in [1.29, 1.82) is 0 Å². The Kier molecular flexibility index (Phi) is 5.22. The number of carbonyl (C=O) groups is 2. The van der Waals surface area contributed by atoms with Crippen LogP contribution >= 0.6 is 0 Å². The minimum Gasteiger partial charge on any atom is -0.423 e. The SMILES string of the molecule is Cc1onc(-c2ccccc2)c1C(=O)Oc1ccc(C(=O)c2ccc(F)cc2)cc1. The molecular weight excluding hydrogens is 385 g/mol. The number of nitrogens with zero attached hydrogens (tertiary/aromatic N) is 1. The van der Waals surface area contributed by atoms with Gasteiger partial charge in [0.2, 0.25) is 0 Å². The largest absolute Gasteiger partial charge is 0.423 e. The van der Waals surface area contributed by atoms with E-state index in [0.29, 0.717) is 22.6 Å². The van der Waals surface area contributed by atoms with Crippen LogP contribution in [0.1, 0.15) is 32.0 Å². The van der Waals surface area contributed by atoms with Gasteiger partial charge in [0.25, 0.3) is 0 Å². The number of halogens is 1. The first-order valence-corrected chi connectivity index (χ1v) is 9.17. The van der Waals surface area contributed by atoms with E-state index < -0.39 is 11.8 Å². The van der Waals surface area contributed by atoms with Gasteiger partial charge >= 0.3 is 5.97 Å². The van der Waals surface area contributed by atoms with E-state index in [9.17, 15) is 14.0 Å². The number of aryl methyl sites for hydroxylation is 1. The van der Waals surface area contributed by atoms with Gasteiger partial charge in [-0.05, 0) is 55.5 Å². The van der Waals surface area contributed by atoms with Gasteiger partial charge < -0.3 is 9.26 Å². The first kappa shape index (κ1) is 19.3. The maximum atomic E-state index is 13.0. The molecule has 0 radical (unpaired) electrons. The summed E-state index contributed by atoms with van der Waals surface area (Å²) in [5.74, 6) is -0.649. The third kappa shape index (κ3) is 3.89. The second kappa shape index (κ2) is 8.13. The lowest BCUT2D eigenvalue weighted by Gasteiger charge is -2.06. The van der Waals surface area contributed by atoms with E-state index in [4.69, 9.17) is 9.26 Å². The Morgan fingerprint density at radius 3 is 2.10 bits per heavy atom. The fourth-order valence-electron chi connectivity index (χ4n) is 3.01. The van der Waals surface area contributed by atoms with Gasteiger partial charge in [0.15, 0.2) is 5.78 Å². The van der Waals surface area contributed by atoms with E-state index in [1.54, 1.807) is 19.1 Å². The summed E-state index contributed by atoms with van der Waals surface area (Å²) in [5, 5.41) is 3.98. The van der Waals surface area contributed by atoms with E-state index in [1.807, 2.05) is 30.3 Å². The molecule has 4 aromatic rings. The summed E-state index contributed by atoms with van der Waals surface area (Å²) in [7, 11) is 0. The molecule has 6 heteroatoms. The molecule has 0 aliphatic rings. The summed E-state index contributed by atoms with van der Waals surface area (Å²) >= 11 is 0. The summed E-state index contributed by atoms with van der Waals surface area (Å²) in [4.78, 5) is 25.2. The number of esters is 1. The highest BCUT2D eigenvalue weighted by Gasteiger charge is 2.23. The molecule has 0 spiro atoms. The molecule has 0 aliphatic carbocycles. The maximum absolute atomic E-state index is 13.0. The predicted octanol–water partition coefficient (Wildman–Crippen LogP) is 5.24. The third-order valence-corrected chi connectivity index (χ3v) is 4.55. The Bertz CT molecular complexity index is 1200. The molecule has 0 atom stereocenters. The van der Waals surface area contributed by atoms with Crippen molar-refractivity contribution in [2.24, 2.45) is 0 Å². The van der Waals surface area contributed by atoms with Crippen molar-refractivity contribution in [1.82, 2.24) is 5.16 Å². The van der Waals surface area contributed by atoms with Crippen molar-refractivity contribution in [3.05, 3.63) is 107 Å². The van der Waals surface area contributed by atoms with Crippen molar-refractivity contribution >= 4 is 11.8 Å². The van der Waals surface area contributed by atoms with Crippen molar-refractivity contribution in [2.75, 3.05) is 0 Å². The smallest absolute Gasteiger partial charge is 0.349 e. The van der Waals surface area contributed by atoms with Crippen molar-refractivity contribution in [2.45, 2.75) is 6.92 Å². The number of ether oxygens (including phenoxy) is 1. The number of aromatic nitrogens is 1. The molecule has 1 aromatic heterocycles. The molecule has 0 saturated heterocycles. The Morgan fingerprint density at radius 1 is 0.867 bits per heavy atom. The molecule has 5 nitrogen and oxygen atoms in total. The van der Waals surface area contributed by atoms with Gasteiger partial charge in [0.1, 0.15) is 28.6 Å². The Hall–Kier alpha value is -4.06. The highest BCUT2D eigenvalue weighted by atomic mass is 19.1. The highest BCUT2D eigenvalue weighted by molar-refractivity contribution is 6.09. The fraction of sp³-hybridized carbons (Fsp3) is 0.0417. The zero-order valence-electron chi connectivity index (χ0n) is 16.0. The molecule has 0 amide bonds. The molecule has 0 unspecified atom stereocenters. The van der Waals surface area contributed by atoms with Crippen LogP contribution in [0.25, 0.3) is 11.3 Å². The van der Waals surface area contributed by atoms with E-state index in [2.05, 4.69) is 5.16 Å². The summed E-state index contributed by atoms with van der Waals surface area (Å²) in [6.07, 6.45) is 0. The number of hydrogen-bond donors (Lipinski definition) is 0. The normalized spacial score (nSPS) is 10.6. The van der Waals surface area contributed by atoms with E-state index in [1.165, 1.54) is 36.4 Å². The number of ketones is 1. The molecule has 3 aromatic carbocycles. The minimum absolute atomic E-state index is 0.243. The molecule has 0 aliphatic heterocycles. The summed E-state index contributed by atoms with van der Waals surface area (Å²) < 4.78 is 23.7. The lowest BCUT2D eigenvalue weighted by molar-refractivity contribution is 0.0733. The van der Waals surface area contributed by atoms with Gasteiger partial charge in [-0.15, -0.1) is 0 Å². The molecule has 1 heterocycles. The topological polar surface area (TPSA) is 69.4 Å². The minimum atomic E-state index is -0.606. The summed E-state index contributed by atoms with van der Waals surface area (Å²) in [5.41, 5.74) is 2.15. The first-order valence-electron chi connectivity index (χ1n) is 9.17. The number of hydrogen-bond acceptors (Lipinski definition) is 5. The van der Waals surface area contributed by atoms with Crippen LogP contribution < -0.4 is 4.74 Å². The van der Waals surface area contributed by atoms with Crippen molar-refractivity contribution in [3.8, 4) is 17.0 Å². The van der Waals surface area contributed by atoms with Gasteiger partial charge in [-0.3, -0.25) is 4.79 Å². The van der Waals surface area contributed by atoms with Crippen LogP contribution in [0.4, 0.5) is 4.39 Å². The summed E-state index contributed by atoms with van der Waals surface area (Å²) in [6, 6.07) is 20.6. The fourth-order valence-corrected chi connectivity index (χ4v) is 3.01. The highest BCUT2D eigenvalue weighted by Crippen LogP contribution is 2.26. The molecule has 0 N–H and O–H groups in total. The molecule has 30 heavy (non-hydrogen) atoms.